The van der Waals surface area contributed by atoms with E-state index in [4.69, 9.17) is 21.2 Å². The highest BCUT2D eigenvalue weighted by atomic mass is 32.2. The highest BCUT2D eigenvalue weighted by molar-refractivity contribution is 8.08. The fourth-order valence-corrected chi connectivity index (χ4v) is 2.12. The molecule has 1 rings (SSSR count). The molecule has 0 aromatic heterocycles. The van der Waals surface area contributed by atoms with Gasteiger partial charge in [0.15, 0.2) is 6.29 Å². The van der Waals surface area contributed by atoms with Crippen LogP contribution in [0.3, 0.4) is 0 Å². The molecule has 4 nitrogen and oxygen atoms in total. The largest absolute Gasteiger partial charge is 0.367 e. The molecule has 0 spiro atoms. The van der Waals surface area contributed by atoms with E-state index in [2.05, 4.69) is 0 Å². The molecule has 90 valence electrons. The summed E-state index contributed by atoms with van der Waals surface area (Å²) in [6.45, 7) is 0. The van der Waals surface area contributed by atoms with Crippen molar-refractivity contribution >= 4 is 16.7 Å². The second-order valence-corrected chi connectivity index (χ2v) is 4.45. The summed E-state index contributed by atoms with van der Waals surface area (Å²) in [5.41, 5.74) is 6.42. The van der Waals surface area contributed by atoms with Gasteiger partial charge in [-0.05, 0) is 5.56 Å². The molecule has 0 radical (unpaired) electrons. The molecule has 0 fully saturated rings. The average molecular weight is 250 g/mol. The van der Waals surface area contributed by atoms with Crippen LogP contribution >= 0.6 is 11.8 Å². The molecule has 0 amide bonds. The molecule has 0 unspecified atom stereocenters. The maximum Gasteiger partial charge on any atom is 0.167 e. The number of aliphatic hydroxyl groups is 2. The predicted octanol–water partition coefficient (Wildman–Crippen LogP) is 0.922. The van der Waals surface area contributed by atoms with E-state index in [0.29, 0.717) is 5.75 Å². The van der Waals surface area contributed by atoms with Crippen molar-refractivity contribution in [3.63, 3.8) is 0 Å². The Morgan fingerprint density at radius 1 is 1.41 bits per heavy atom. The monoisotopic (exact) mass is 250 g/mol. The van der Waals surface area contributed by atoms with Crippen molar-refractivity contribution in [2.75, 3.05) is 5.75 Å². The third kappa shape index (κ3) is 4.59. The van der Waals surface area contributed by atoms with Crippen molar-refractivity contribution in [3.8, 4) is 6.07 Å². The van der Waals surface area contributed by atoms with E-state index in [1.165, 1.54) is 17.8 Å². The van der Waals surface area contributed by atoms with Crippen LogP contribution in [0.5, 0.6) is 0 Å². The summed E-state index contributed by atoms with van der Waals surface area (Å²) in [6.07, 6.45) is -0.113. The maximum absolute atomic E-state index is 8.87. The Balaban J connectivity index is 2.70. The van der Waals surface area contributed by atoms with Gasteiger partial charge < -0.3 is 15.9 Å². The Hall–Kier alpha value is -1.32. The Labute approximate surface area is 104 Å². The van der Waals surface area contributed by atoms with E-state index in [1.807, 2.05) is 36.4 Å². The first-order valence-electron chi connectivity index (χ1n) is 5.05. The Kier molecular flexibility index (Phi) is 5.73. The van der Waals surface area contributed by atoms with Crippen LogP contribution in [0.25, 0.3) is 4.91 Å². The number of nitrogens with two attached hydrogens (primary N) is 1. The van der Waals surface area contributed by atoms with Gasteiger partial charge in [-0.15, -0.1) is 11.8 Å². The van der Waals surface area contributed by atoms with Crippen LogP contribution in [-0.2, 0) is 0 Å². The molecular formula is C12H14N2O2S. The number of thioether (sulfide) groups is 1. The highest BCUT2D eigenvalue weighted by Crippen LogP contribution is 2.27. The number of nitrogens with zero attached hydrogens (tertiary/aromatic N) is 1. The zero-order chi connectivity index (χ0) is 12.7. The number of nitriles is 1. The number of rotatable bonds is 5. The first kappa shape index (κ1) is 13.7. The quantitative estimate of drug-likeness (QED) is 0.534. The molecule has 4 N–H and O–H groups in total. The molecule has 1 aromatic rings. The Morgan fingerprint density at radius 3 is 2.59 bits per heavy atom. The van der Waals surface area contributed by atoms with Gasteiger partial charge in [0.2, 0.25) is 0 Å². The normalized spacial score (nSPS) is 13.5. The minimum absolute atomic E-state index is 0.333. The summed E-state index contributed by atoms with van der Waals surface area (Å²) in [6, 6.07) is 10.7. The zero-order valence-electron chi connectivity index (χ0n) is 9.15. The second-order valence-electron chi connectivity index (χ2n) is 3.39. The van der Waals surface area contributed by atoms with Crippen molar-refractivity contribution in [1.82, 2.24) is 0 Å². The van der Waals surface area contributed by atoms with Gasteiger partial charge in [-0.25, -0.2) is 0 Å². The molecule has 0 saturated carbocycles. The second kappa shape index (κ2) is 7.09. The maximum atomic E-state index is 8.87. The van der Waals surface area contributed by atoms with E-state index >= 15 is 0 Å². The summed E-state index contributed by atoms with van der Waals surface area (Å²) in [7, 11) is 0. The molecule has 0 aliphatic heterocycles. The standard InChI is InChI=1S/C12H14N2O2S/c13-7-6-11(9-4-2-1-3-5-9)17-8-10(14)12(15)16/h1-6,10,12,15-16H,8,14H2/b11-6-/t10-/m0/s1. The molecule has 1 aromatic carbocycles. The number of hydrogen-bond acceptors (Lipinski definition) is 5. The first-order valence-corrected chi connectivity index (χ1v) is 6.03. The van der Waals surface area contributed by atoms with Gasteiger partial charge in [0, 0.05) is 16.7 Å². The molecule has 0 aliphatic rings. The SMILES string of the molecule is N#C/C=C(\SC[C@H](N)C(O)O)c1ccccc1. The lowest BCUT2D eigenvalue weighted by Crippen LogP contribution is -2.36. The van der Waals surface area contributed by atoms with Gasteiger partial charge in [0.25, 0.3) is 0 Å². The first-order chi connectivity index (χ1) is 8.15. The highest BCUT2D eigenvalue weighted by Gasteiger charge is 2.12. The Morgan fingerprint density at radius 2 is 2.06 bits per heavy atom. The van der Waals surface area contributed by atoms with Gasteiger partial charge in [0.05, 0.1) is 12.1 Å². The van der Waals surface area contributed by atoms with Crippen LogP contribution in [0.15, 0.2) is 36.4 Å². The van der Waals surface area contributed by atoms with Crippen LogP contribution in [0.4, 0.5) is 0 Å². The molecule has 0 heterocycles. The summed E-state index contributed by atoms with van der Waals surface area (Å²) in [5.74, 6) is 0.333. The van der Waals surface area contributed by atoms with Gasteiger partial charge in [0.1, 0.15) is 0 Å². The zero-order valence-corrected chi connectivity index (χ0v) is 9.97. The van der Waals surface area contributed by atoms with Crippen LogP contribution in [-0.4, -0.2) is 28.3 Å². The minimum Gasteiger partial charge on any atom is -0.367 e. The molecule has 5 heteroatoms. The molecule has 0 aliphatic carbocycles. The summed E-state index contributed by atoms with van der Waals surface area (Å²) < 4.78 is 0. The molecule has 1 atom stereocenters. The molecular weight excluding hydrogens is 236 g/mol. The van der Waals surface area contributed by atoms with Gasteiger partial charge in [-0.1, -0.05) is 30.3 Å². The van der Waals surface area contributed by atoms with E-state index < -0.39 is 12.3 Å². The molecule has 17 heavy (non-hydrogen) atoms. The molecule has 0 bridgehead atoms. The number of aliphatic hydroxyl groups excluding tert-OH is 1. The summed E-state index contributed by atoms with van der Waals surface area (Å²) in [4.78, 5) is 0.768. The third-order valence-corrected chi connectivity index (χ3v) is 3.28. The number of allylic oxidation sites excluding steroid dienone is 1. The van der Waals surface area contributed by atoms with Crippen LogP contribution in [0.1, 0.15) is 5.56 Å². The average Bonchev–Trinajstić information content (AvgIpc) is 2.35. The van der Waals surface area contributed by atoms with Crippen LogP contribution < -0.4 is 5.73 Å². The smallest absolute Gasteiger partial charge is 0.167 e. The van der Waals surface area contributed by atoms with Crippen molar-refractivity contribution in [2.24, 2.45) is 5.73 Å². The molecule has 0 saturated heterocycles. The lowest BCUT2D eigenvalue weighted by atomic mass is 10.2. The van der Waals surface area contributed by atoms with Gasteiger partial charge >= 0.3 is 0 Å². The van der Waals surface area contributed by atoms with Gasteiger partial charge in [-0.2, -0.15) is 5.26 Å². The number of benzene rings is 1. The minimum atomic E-state index is -1.54. The van der Waals surface area contributed by atoms with Crippen LogP contribution in [0, 0.1) is 11.3 Å². The van der Waals surface area contributed by atoms with Crippen molar-refractivity contribution in [2.45, 2.75) is 12.3 Å². The van der Waals surface area contributed by atoms with Crippen molar-refractivity contribution in [1.29, 1.82) is 5.26 Å². The van der Waals surface area contributed by atoms with Crippen molar-refractivity contribution < 1.29 is 10.2 Å². The third-order valence-electron chi connectivity index (χ3n) is 2.07. The topological polar surface area (TPSA) is 90.3 Å². The summed E-state index contributed by atoms with van der Waals surface area (Å²) >= 11 is 1.33. The predicted molar refractivity (Wildman–Crippen MR) is 68.7 cm³/mol. The van der Waals surface area contributed by atoms with E-state index in [-0.39, 0.29) is 0 Å². The Bertz CT molecular complexity index is 412. The van der Waals surface area contributed by atoms with Crippen molar-refractivity contribution in [3.05, 3.63) is 42.0 Å². The number of hydrogen-bond donors (Lipinski definition) is 3. The lowest BCUT2D eigenvalue weighted by Gasteiger charge is -2.14. The van der Waals surface area contributed by atoms with Crippen LogP contribution in [0.2, 0.25) is 0 Å². The van der Waals surface area contributed by atoms with E-state index in [1.54, 1.807) is 0 Å². The van der Waals surface area contributed by atoms with E-state index in [9.17, 15) is 0 Å². The lowest BCUT2D eigenvalue weighted by molar-refractivity contribution is -0.0527. The fourth-order valence-electron chi connectivity index (χ4n) is 1.14. The van der Waals surface area contributed by atoms with Gasteiger partial charge in [-0.3, -0.25) is 0 Å². The van der Waals surface area contributed by atoms with E-state index in [0.717, 1.165) is 10.5 Å². The summed E-state index contributed by atoms with van der Waals surface area (Å²) in [5, 5.41) is 26.4. The fraction of sp³-hybridized carbons (Fsp3) is 0.250.